The van der Waals surface area contributed by atoms with Gasteiger partial charge in [-0.2, -0.15) is 0 Å². The van der Waals surface area contributed by atoms with E-state index < -0.39 is 5.97 Å². The average molecular weight is 444 g/mol. The maximum atomic E-state index is 10.8. The predicted molar refractivity (Wildman–Crippen MR) is 120 cm³/mol. The van der Waals surface area contributed by atoms with Crippen molar-refractivity contribution in [3.05, 3.63) is 76.3 Å². The fourth-order valence-corrected chi connectivity index (χ4v) is 3.47. The number of carboxylic acids is 1. The second-order valence-electron chi connectivity index (χ2n) is 6.64. The van der Waals surface area contributed by atoms with E-state index in [1.165, 1.54) is 11.6 Å². The summed E-state index contributed by atoms with van der Waals surface area (Å²) in [5.41, 5.74) is 3.24. The van der Waals surface area contributed by atoms with Crippen LogP contribution in [-0.4, -0.2) is 54.1 Å². The molecule has 2 aromatic carbocycles. The molecule has 0 amide bonds. The van der Waals surface area contributed by atoms with Crippen LogP contribution in [0.25, 0.3) is 6.08 Å². The molecule has 1 aliphatic rings. The quantitative estimate of drug-likeness (QED) is 0.685. The molecule has 0 bridgehead atoms. The summed E-state index contributed by atoms with van der Waals surface area (Å²) in [6.45, 7) is 4.03. The fraction of sp³-hybridized carbons (Fsp3) is 0.286. The summed E-state index contributed by atoms with van der Waals surface area (Å²) in [5, 5.41) is 9.60. The van der Waals surface area contributed by atoms with Crippen molar-refractivity contribution < 1.29 is 9.90 Å². The van der Waals surface area contributed by atoms with E-state index in [1.54, 1.807) is 6.08 Å². The first kappa shape index (κ1) is 24.5. The van der Waals surface area contributed by atoms with Crippen LogP contribution in [0.2, 0.25) is 5.02 Å². The summed E-state index contributed by atoms with van der Waals surface area (Å²) in [7, 11) is 2.14. The largest absolute Gasteiger partial charge is 0.478 e. The molecule has 1 fully saturated rings. The van der Waals surface area contributed by atoms with Gasteiger partial charge in [0.05, 0.1) is 6.04 Å². The zero-order valence-corrected chi connectivity index (χ0v) is 18.0. The number of benzene rings is 2. The van der Waals surface area contributed by atoms with E-state index in [2.05, 4.69) is 41.1 Å². The highest BCUT2D eigenvalue weighted by Crippen LogP contribution is 2.31. The number of carboxylic acid groups (broad SMARTS) is 1. The Morgan fingerprint density at radius 1 is 1.04 bits per heavy atom. The van der Waals surface area contributed by atoms with Crippen LogP contribution in [-0.2, 0) is 4.79 Å². The zero-order valence-electron chi connectivity index (χ0n) is 15.6. The van der Waals surface area contributed by atoms with Gasteiger partial charge in [-0.1, -0.05) is 41.9 Å². The molecule has 0 aromatic heterocycles. The molecular formula is C21H25Cl3N2O2. The van der Waals surface area contributed by atoms with E-state index in [0.29, 0.717) is 0 Å². The molecule has 0 saturated carbocycles. The molecule has 0 spiro atoms. The molecule has 0 radical (unpaired) electrons. The highest BCUT2D eigenvalue weighted by Gasteiger charge is 2.25. The van der Waals surface area contributed by atoms with E-state index in [0.717, 1.165) is 42.3 Å². The molecule has 7 heteroatoms. The third-order valence-electron chi connectivity index (χ3n) is 4.73. The van der Waals surface area contributed by atoms with Gasteiger partial charge >= 0.3 is 5.97 Å². The van der Waals surface area contributed by atoms with Gasteiger partial charge in [0.1, 0.15) is 0 Å². The van der Waals surface area contributed by atoms with Gasteiger partial charge in [0.2, 0.25) is 0 Å². The van der Waals surface area contributed by atoms with Crippen molar-refractivity contribution in [1.82, 2.24) is 9.80 Å². The fourth-order valence-electron chi connectivity index (χ4n) is 3.34. The Balaban J connectivity index is 0.00000196. The highest BCUT2D eigenvalue weighted by molar-refractivity contribution is 6.30. The number of piperazine rings is 1. The van der Waals surface area contributed by atoms with Crippen molar-refractivity contribution in [3.8, 4) is 0 Å². The van der Waals surface area contributed by atoms with Crippen LogP contribution < -0.4 is 0 Å². The smallest absolute Gasteiger partial charge is 0.328 e. The van der Waals surface area contributed by atoms with Crippen LogP contribution in [0.5, 0.6) is 0 Å². The number of hydrogen-bond donors (Lipinski definition) is 1. The van der Waals surface area contributed by atoms with Gasteiger partial charge in [-0.25, -0.2) is 4.79 Å². The second-order valence-corrected chi connectivity index (χ2v) is 7.07. The monoisotopic (exact) mass is 442 g/mol. The maximum Gasteiger partial charge on any atom is 0.328 e. The number of halogens is 3. The lowest BCUT2D eigenvalue weighted by atomic mass is 9.95. The zero-order chi connectivity index (χ0) is 18.5. The van der Waals surface area contributed by atoms with Gasteiger partial charge in [0.25, 0.3) is 0 Å². The number of nitrogens with zero attached hydrogens (tertiary/aromatic N) is 2. The Morgan fingerprint density at radius 3 is 2.29 bits per heavy atom. The average Bonchev–Trinajstić information content (AvgIpc) is 2.64. The van der Waals surface area contributed by atoms with Gasteiger partial charge in [-0.05, 0) is 48.0 Å². The second kappa shape index (κ2) is 11.4. The van der Waals surface area contributed by atoms with Crippen molar-refractivity contribution >= 4 is 48.5 Å². The van der Waals surface area contributed by atoms with Crippen LogP contribution in [0.1, 0.15) is 22.7 Å². The van der Waals surface area contributed by atoms with Crippen molar-refractivity contribution in [1.29, 1.82) is 0 Å². The predicted octanol–water partition coefficient (Wildman–Crippen LogP) is 4.62. The van der Waals surface area contributed by atoms with Crippen molar-refractivity contribution in [3.63, 3.8) is 0 Å². The Morgan fingerprint density at radius 2 is 1.68 bits per heavy atom. The summed E-state index contributed by atoms with van der Waals surface area (Å²) in [4.78, 5) is 15.6. The highest BCUT2D eigenvalue weighted by atomic mass is 35.5. The van der Waals surface area contributed by atoms with Crippen LogP contribution in [0.4, 0.5) is 0 Å². The van der Waals surface area contributed by atoms with Crippen LogP contribution in [0.3, 0.4) is 0 Å². The maximum absolute atomic E-state index is 10.8. The van der Waals surface area contributed by atoms with Crippen LogP contribution in [0, 0.1) is 0 Å². The first-order valence-electron chi connectivity index (χ1n) is 8.72. The summed E-state index contributed by atoms with van der Waals surface area (Å²) in [6, 6.07) is 16.2. The lowest BCUT2D eigenvalue weighted by molar-refractivity contribution is -0.131. The molecule has 28 heavy (non-hydrogen) atoms. The first-order chi connectivity index (χ1) is 12.5. The minimum Gasteiger partial charge on any atom is -0.478 e. The molecule has 1 saturated heterocycles. The van der Waals surface area contributed by atoms with E-state index in [9.17, 15) is 4.79 Å². The Kier molecular flexibility index (Phi) is 10.0. The molecule has 1 N–H and O–H groups in total. The summed E-state index contributed by atoms with van der Waals surface area (Å²) in [5.74, 6) is -0.941. The number of likely N-dealkylation sites (N-methyl/N-ethyl adjacent to an activating group) is 1. The molecule has 0 aliphatic carbocycles. The Bertz CT molecular complexity index is 788. The molecule has 4 nitrogen and oxygen atoms in total. The molecule has 1 unspecified atom stereocenters. The number of carbonyl (C=O) groups is 1. The third kappa shape index (κ3) is 6.50. The summed E-state index contributed by atoms with van der Waals surface area (Å²) >= 11 is 6.08. The molecule has 3 rings (SSSR count). The molecule has 1 atom stereocenters. The van der Waals surface area contributed by atoms with E-state index in [1.807, 2.05) is 24.3 Å². The lowest BCUT2D eigenvalue weighted by Gasteiger charge is -2.38. The van der Waals surface area contributed by atoms with E-state index in [4.69, 9.17) is 16.7 Å². The Hall–Kier alpha value is -1.56. The first-order valence-corrected chi connectivity index (χ1v) is 9.10. The van der Waals surface area contributed by atoms with Gasteiger partial charge in [0, 0.05) is 37.3 Å². The van der Waals surface area contributed by atoms with Crippen molar-refractivity contribution in [2.24, 2.45) is 0 Å². The molecule has 1 aliphatic heterocycles. The van der Waals surface area contributed by atoms with Gasteiger partial charge in [-0.3, -0.25) is 4.90 Å². The lowest BCUT2D eigenvalue weighted by Crippen LogP contribution is -2.46. The number of aliphatic carboxylic acids is 1. The standard InChI is InChI=1S/C21H23ClN2O2.2ClH/c1-23-11-13-24(14-12-23)21(17-6-8-19(22)9-7-17)18-4-2-3-16(15-18)5-10-20(25)26;;/h2-10,15,21H,11-14H2,1H3,(H,25,26);2*1H. The topological polar surface area (TPSA) is 43.8 Å². The summed E-state index contributed by atoms with van der Waals surface area (Å²) in [6.07, 6.45) is 2.81. The summed E-state index contributed by atoms with van der Waals surface area (Å²) < 4.78 is 0. The normalized spacial score (nSPS) is 16.2. The van der Waals surface area contributed by atoms with E-state index >= 15 is 0 Å². The Labute approximate surface area is 183 Å². The molecular weight excluding hydrogens is 419 g/mol. The number of rotatable bonds is 5. The van der Waals surface area contributed by atoms with E-state index in [-0.39, 0.29) is 30.9 Å². The SMILES string of the molecule is CN1CCN(C(c2ccc(Cl)cc2)c2cccc(C=CC(=O)O)c2)CC1.Cl.Cl. The van der Waals surface area contributed by atoms with Crippen LogP contribution in [0.15, 0.2) is 54.6 Å². The third-order valence-corrected chi connectivity index (χ3v) is 4.99. The van der Waals surface area contributed by atoms with Crippen molar-refractivity contribution in [2.45, 2.75) is 6.04 Å². The number of hydrogen-bond acceptors (Lipinski definition) is 3. The molecule has 2 aromatic rings. The molecule has 152 valence electrons. The van der Waals surface area contributed by atoms with Crippen molar-refractivity contribution in [2.75, 3.05) is 33.2 Å². The van der Waals surface area contributed by atoms with Gasteiger partial charge < -0.3 is 10.0 Å². The van der Waals surface area contributed by atoms with Crippen LogP contribution >= 0.6 is 36.4 Å². The minimum absolute atomic E-state index is 0. The van der Waals surface area contributed by atoms with Gasteiger partial charge in [-0.15, -0.1) is 24.8 Å². The van der Waals surface area contributed by atoms with Gasteiger partial charge in [0.15, 0.2) is 0 Å². The molecule has 1 heterocycles. The minimum atomic E-state index is -0.941.